The van der Waals surface area contributed by atoms with Gasteiger partial charge in [0, 0.05) is 30.6 Å². The lowest BCUT2D eigenvalue weighted by atomic mass is 9.89. The Labute approximate surface area is 174 Å². The SMILES string of the molecule is CC1CCNCC1CO.N#Cc1cc2c(Br)c(NC3CCCCC3)ncc2o1. The fraction of sp³-hybridized carbons (Fsp3) is 0.619. The van der Waals surface area contributed by atoms with Crippen molar-refractivity contribution in [1.82, 2.24) is 10.3 Å². The van der Waals surface area contributed by atoms with E-state index in [4.69, 9.17) is 14.8 Å². The summed E-state index contributed by atoms with van der Waals surface area (Å²) in [5.41, 5.74) is 0.637. The second kappa shape index (κ2) is 10.2. The van der Waals surface area contributed by atoms with E-state index in [9.17, 15) is 0 Å². The maximum Gasteiger partial charge on any atom is 0.204 e. The number of aliphatic hydroxyl groups excluding tert-OH is 1. The molecule has 0 radical (unpaired) electrons. The predicted octanol–water partition coefficient (Wildman–Crippen LogP) is 4.43. The number of fused-ring (bicyclic) bond motifs is 1. The van der Waals surface area contributed by atoms with Crippen molar-refractivity contribution in [2.24, 2.45) is 11.8 Å². The molecular weight excluding hydrogens is 420 g/mol. The van der Waals surface area contributed by atoms with Gasteiger partial charge in [-0.2, -0.15) is 5.26 Å². The molecule has 28 heavy (non-hydrogen) atoms. The topological polar surface area (TPSA) is 94.1 Å². The van der Waals surface area contributed by atoms with Crippen molar-refractivity contribution >= 4 is 32.7 Å². The summed E-state index contributed by atoms with van der Waals surface area (Å²) < 4.78 is 6.24. The van der Waals surface area contributed by atoms with E-state index in [0.717, 1.165) is 28.8 Å². The highest BCUT2D eigenvalue weighted by molar-refractivity contribution is 9.10. The van der Waals surface area contributed by atoms with Crippen LogP contribution in [0.3, 0.4) is 0 Å². The summed E-state index contributed by atoms with van der Waals surface area (Å²) in [5.74, 6) is 2.35. The van der Waals surface area contributed by atoms with Crippen molar-refractivity contribution in [2.45, 2.75) is 51.5 Å². The average Bonchev–Trinajstić information content (AvgIpc) is 3.16. The van der Waals surface area contributed by atoms with Gasteiger partial charge in [0.25, 0.3) is 0 Å². The number of pyridine rings is 1. The Morgan fingerprint density at radius 2 is 2.14 bits per heavy atom. The van der Waals surface area contributed by atoms with Crippen molar-refractivity contribution in [2.75, 3.05) is 25.0 Å². The lowest BCUT2D eigenvalue weighted by Crippen LogP contribution is -2.37. The molecule has 3 N–H and O–H groups in total. The summed E-state index contributed by atoms with van der Waals surface area (Å²) in [4.78, 5) is 4.39. The molecule has 152 valence electrons. The quantitative estimate of drug-likeness (QED) is 0.642. The summed E-state index contributed by atoms with van der Waals surface area (Å²) >= 11 is 3.56. The van der Waals surface area contributed by atoms with E-state index < -0.39 is 0 Å². The van der Waals surface area contributed by atoms with Gasteiger partial charge in [-0.05, 0) is 53.6 Å². The number of hydrogen-bond acceptors (Lipinski definition) is 6. The fourth-order valence-corrected chi connectivity index (χ4v) is 4.40. The summed E-state index contributed by atoms with van der Waals surface area (Å²) in [6, 6.07) is 4.25. The van der Waals surface area contributed by atoms with Gasteiger partial charge >= 0.3 is 0 Å². The number of rotatable bonds is 3. The van der Waals surface area contributed by atoms with Crippen molar-refractivity contribution in [1.29, 1.82) is 5.26 Å². The Morgan fingerprint density at radius 3 is 2.79 bits per heavy atom. The van der Waals surface area contributed by atoms with Gasteiger partial charge in [-0.25, -0.2) is 4.98 Å². The number of aliphatic hydroxyl groups is 1. The normalized spacial score (nSPS) is 22.9. The number of furan rings is 1. The third kappa shape index (κ3) is 5.25. The van der Waals surface area contributed by atoms with Gasteiger partial charge in [0.15, 0.2) is 5.58 Å². The summed E-state index contributed by atoms with van der Waals surface area (Å²) in [7, 11) is 0. The van der Waals surface area contributed by atoms with Gasteiger partial charge in [0.1, 0.15) is 11.9 Å². The van der Waals surface area contributed by atoms with E-state index in [1.165, 1.54) is 38.5 Å². The van der Waals surface area contributed by atoms with Gasteiger partial charge in [-0.1, -0.05) is 26.2 Å². The van der Waals surface area contributed by atoms with E-state index >= 15 is 0 Å². The van der Waals surface area contributed by atoms with Crippen molar-refractivity contribution in [3.05, 3.63) is 22.5 Å². The van der Waals surface area contributed by atoms with Gasteiger partial charge in [0.05, 0.1) is 10.7 Å². The Kier molecular flexibility index (Phi) is 7.72. The molecule has 2 fully saturated rings. The molecule has 1 saturated carbocycles. The third-order valence-electron chi connectivity index (χ3n) is 5.79. The van der Waals surface area contributed by atoms with Crippen molar-refractivity contribution in [3.8, 4) is 6.07 Å². The van der Waals surface area contributed by atoms with E-state index in [1.54, 1.807) is 12.3 Å². The molecule has 0 spiro atoms. The number of nitrogens with zero attached hydrogens (tertiary/aromatic N) is 2. The minimum atomic E-state index is 0.312. The summed E-state index contributed by atoms with van der Waals surface area (Å²) in [6.45, 7) is 4.67. The average molecular weight is 449 g/mol. The standard InChI is InChI=1S/C14H14BrN3O.C7H15NO/c15-13-11-6-10(7-16)19-12(11)8-17-14(13)18-9-4-2-1-3-5-9;1-6-2-3-8-4-7(6)5-9/h6,8-9H,1-5H2,(H,17,18);6-9H,2-5H2,1H3. The van der Waals surface area contributed by atoms with Crippen LogP contribution in [0, 0.1) is 23.2 Å². The van der Waals surface area contributed by atoms with Crippen LogP contribution in [0.15, 0.2) is 21.2 Å². The zero-order chi connectivity index (χ0) is 19.9. The molecule has 2 aromatic heterocycles. The highest BCUT2D eigenvalue weighted by Gasteiger charge is 2.19. The van der Waals surface area contributed by atoms with Crippen LogP contribution in [0.4, 0.5) is 5.82 Å². The number of aromatic nitrogens is 1. The molecule has 2 atom stereocenters. The molecule has 7 heteroatoms. The molecule has 1 aliphatic heterocycles. The molecule has 2 aromatic rings. The van der Waals surface area contributed by atoms with Crippen LogP contribution in [-0.2, 0) is 0 Å². The smallest absolute Gasteiger partial charge is 0.204 e. The molecule has 0 aromatic carbocycles. The molecule has 4 rings (SSSR count). The molecule has 2 aliphatic rings. The number of halogens is 1. The Morgan fingerprint density at radius 1 is 1.36 bits per heavy atom. The summed E-state index contributed by atoms with van der Waals surface area (Å²) in [6.07, 6.45) is 9.17. The molecule has 6 nitrogen and oxygen atoms in total. The monoisotopic (exact) mass is 448 g/mol. The van der Waals surface area contributed by atoms with E-state index in [2.05, 4.69) is 38.5 Å². The number of piperidine rings is 1. The lowest BCUT2D eigenvalue weighted by Gasteiger charge is -2.27. The van der Waals surface area contributed by atoms with Crippen molar-refractivity contribution < 1.29 is 9.52 Å². The van der Waals surface area contributed by atoms with Crippen LogP contribution < -0.4 is 10.6 Å². The molecule has 1 saturated heterocycles. The number of nitrogens with one attached hydrogen (secondary N) is 2. The largest absolute Gasteiger partial charge is 0.444 e. The minimum absolute atomic E-state index is 0.312. The van der Waals surface area contributed by atoms with E-state index in [-0.39, 0.29) is 0 Å². The Bertz CT molecular complexity index is 811. The number of anilines is 1. The minimum Gasteiger partial charge on any atom is -0.444 e. The van der Waals surface area contributed by atoms with Crippen LogP contribution >= 0.6 is 15.9 Å². The van der Waals surface area contributed by atoms with Crippen LogP contribution in [-0.4, -0.2) is 35.8 Å². The lowest BCUT2D eigenvalue weighted by molar-refractivity contribution is 0.155. The molecule has 0 amide bonds. The van der Waals surface area contributed by atoms with Crippen LogP contribution in [0.1, 0.15) is 51.2 Å². The van der Waals surface area contributed by atoms with Gasteiger partial charge < -0.3 is 20.2 Å². The first-order chi connectivity index (χ1) is 13.6. The van der Waals surface area contributed by atoms with Crippen LogP contribution in [0.5, 0.6) is 0 Å². The Hall–Kier alpha value is -1.62. The Balaban J connectivity index is 0.000000211. The first-order valence-electron chi connectivity index (χ1n) is 10.2. The van der Waals surface area contributed by atoms with Gasteiger partial charge in [-0.15, -0.1) is 0 Å². The molecule has 3 heterocycles. The first-order valence-corrected chi connectivity index (χ1v) is 11.0. The van der Waals surface area contributed by atoms with Gasteiger partial charge in [-0.3, -0.25) is 0 Å². The second-order valence-electron chi connectivity index (χ2n) is 7.81. The second-order valence-corrected chi connectivity index (χ2v) is 8.61. The van der Waals surface area contributed by atoms with Crippen LogP contribution in [0.2, 0.25) is 0 Å². The van der Waals surface area contributed by atoms with Crippen molar-refractivity contribution in [3.63, 3.8) is 0 Å². The molecule has 0 bridgehead atoms. The zero-order valence-corrected chi connectivity index (χ0v) is 18.0. The highest BCUT2D eigenvalue weighted by Crippen LogP contribution is 2.33. The zero-order valence-electron chi connectivity index (χ0n) is 16.4. The summed E-state index contributed by atoms with van der Waals surface area (Å²) in [5, 5.41) is 25.3. The maximum absolute atomic E-state index is 8.86. The molecule has 2 unspecified atom stereocenters. The highest BCUT2D eigenvalue weighted by atomic mass is 79.9. The fourth-order valence-electron chi connectivity index (χ4n) is 3.87. The molecule has 1 aliphatic carbocycles. The number of nitriles is 1. The number of hydrogen-bond donors (Lipinski definition) is 3. The predicted molar refractivity (Wildman–Crippen MR) is 114 cm³/mol. The maximum atomic E-state index is 8.86. The van der Waals surface area contributed by atoms with E-state index in [0.29, 0.717) is 35.8 Å². The van der Waals surface area contributed by atoms with Crippen LogP contribution in [0.25, 0.3) is 11.0 Å². The van der Waals surface area contributed by atoms with Gasteiger partial charge in [0.2, 0.25) is 5.76 Å². The first kappa shape index (κ1) is 21.1. The molecular formula is C21H29BrN4O2. The van der Waals surface area contributed by atoms with E-state index in [1.807, 2.05) is 6.07 Å². The third-order valence-corrected chi connectivity index (χ3v) is 6.60.